The van der Waals surface area contributed by atoms with E-state index in [2.05, 4.69) is 15.3 Å². The first-order valence-corrected chi connectivity index (χ1v) is 8.17. The molecule has 1 saturated heterocycles. The Morgan fingerprint density at radius 1 is 1.24 bits per heavy atom. The van der Waals surface area contributed by atoms with E-state index < -0.39 is 11.4 Å². The fourth-order valence-electron chi connectivity index (χ4n) is 3.23. The summed E-state index contributed by atoms with van der Waals surface area (Å²) in [5.41, 5.74) is -0.651. The molecule has 3 aromatic rings. The maximum atomic E-state index is 13.0. The lowest BCUT2D eigenvalue weighted by molar-refractivity contribution is -0.00627. The molecule has 25 heavy (non-hydrogen) atoms. The van der Waals surface area contributed by atoms with Gasteiger partial charge >= 0.3 is 0 Å². The molecule has 0 bridgehead atoms. The zero-order chi connectivity index (χ0) is 17.4. The third-order valence-electron chi connectivity index (χ3n) is 4.63. The molecule has 0 amide bonds. The first kappa shape index (κ1) is 15.9. The highest BCUT2D eigenvalue weighted by Crippen LogP contribution is 2.20. The van der Waals surface area contributed by atoms with E-state index in [9.17, 15) is 14.3 Å². The van der Waals surface area contributed by atoms with Crippen molar-refractivity contribution in [1.82, 2.24) is 24.4 Å². The maximum Gasteiger partial charge on any atom is 0.262 e. The number of fused-ring (bicyclic) bond motifs is 1. The lowest BCUT2D eigenvalue weighted by Crippen LogP contribution is -2.46. The highest BCUT2D eigenvalue weighted by atomic mass is 19.1. The molecule has 4 rings (SSSR count). The number of piperidine rings is 1. The second-order valence-corrected chi connectivity index (χ2v) is 6.41. The summed E-state index contributed by atoms with van der Waals surface area (Å²) in [7, 11) is 0. The molecule has 4 heterocycles. The molecule has 8 heteroatoms. The number of pyridine rings is 1. The van der Waals surface area contributed by atoms with Gasteiger partial charge in [0.05, 0.1) is 23.7 Å². The normalized spacial score (nSPS) is 17.0. The van der Waals surface area contributed by atoms with E-state index in [0.29, 0.717) is 29.7 Å². The van der Waals surface area contributed by atoms with Gasteiger partial charge in [0.15, 0.2) is 5.65 Å². The quantitative estimate of drug-likeness (QED) is 0.736. The fraction of sp³-hybridized carbons (Fsp3) is 0.353. The number of hydrogen-bond donors (Lipinski definition) is 2. The van der Waals surface area contributed by atoms with Crippen molar-refractivity contribution in [3.8, 4) is 5.82 Å². The molecule has 0 aromatic carbocycles. The van der Waals surface area contributed by atoms with Crippen LogP contribution in [-0.2, 0) is 6.54 Å². The Morgan fingerprint density at radius 2 is 2.04 bits per heavy atom. The van der Waals surface area contributed by atoms with Gasteiger partial charge in [0, 0.05) is 6.20 Å². The van der Waals surface area contributed by atoms with Crippen LogP contribution in [0.5, 0.6) is 0 Å². The summed E-state index contributed by atoms with van der Waals surface area (Å²) in [4.78, 5) is 21.1. The van der Waals surface area contributed by atoms with Gasteiger partial charge in [-0.15, -0.1) is 0 Å². The standard InChI is InChI=1S/C17H18FN5O2/c18-12-1-2-14(20-9-12)23-8-3-13-15(23)21-11-22(16(13)24)10-17(25)4-6-19-7-5-17/h1-3,8-9,11,19,25H,4-7,10H2. The van der Waals surface area contributed by atoms with Crippen molar-refractivity contribution < 1.29 is 9.50 Å². The molecule has 0 atom stereocenters. The molecule has 0 aliphatic carbocycles. The van der Waals surface area contributed by atoms with Gasteiger partial charge in [-0.05, 0) is 44.1 Å². The molecular formula is C17H18FN5O2. The van der Waals surface area contributed by atoms with Crippen molar-refractivity contribution in [3.63, 3.8) is 0 Å². The lowest BCUT2D eigenvalue weighted by atomic mass is 9.92. The van der Waals surface area contributed by atoms with Crippen molar-refractivity contribution in [2.24, 2.45) is 0 Å². The maximum absolute atomic E-state index is 13.0. The highest BCUT2D eigenvalue weighted by Gasteiger charge is 2.30. The van der Waals surface area contributed by atoms with Crippen LogP contribution < -0.4 is 10.9 Å². The smallest absolute Gasteiger partial charge is 0.262 e. The second kappa shape index (κ2) is 6.05. The third kappa shape index (κ3) is 2.94. The number of hydrogen-bond acceptors (Lipinski definition) is 5. The Kier molecular flexibility index (Phi) is 3.85. The average Bonchev–Trinajstić information content (AvgIpc) is 3.03. The van der Waals surface area contributed by atoms with Crippen molar-refractivity contribution in [1.29, 1.82) is 0 Å². The SMILES string of the molecule is O=c1c2ccn(-c3ccc(F)cn3)c2ncn1CC1(O)CCNCC1. The molecular weight excluding hydrogens is 325 g/mol. The molecule has 1 aliphatic heterocycles. The minimum atomic E-state index is -0.897. The summed E-state index contributed by atoms with van der Waals surface area (Å²) < 4.78 is 16.1. The monoisotopic (exact) mass is 343 g/mol. The summed E-state index contributed by atoms with van der Waals surface area (Å²) >= 11 is 0. The minimum absolute atomic E-state index is 0.210. The number of aliphatic hydroxyl groups is 1. The number of nitrogens with one attached hydrogen (secondary N) is 1. The van der Waals surface area contributed by atoms with Gasteiger partial charge in [-0.25, -0.2) is 14.4 Å². The Labute approximate surface area is 142 Å². The van der Waals surface area contributed by atoms with E-state index >= 15 is 0 Å². The van der Waals surface area contributed by atoms with Crippen LogP contribution in [0.25, 0.3) is 16.9 Å². The predicted octanol–water partition coefficient (Wildman–Crippen LogP) is 0.836. The van der Waals surface area contributed by atoms with E-state index in [4.69, 9.17) is 0 Å². The predicted molar refractivity (Wildman–Crippen MR) is 90.1 cm³/mol. The van der Waals surface area contributed by atoms with Gasteiger partial charge in [-0.1, -0.05) is 0 Å². The average molecular weight is 343 g/mol. The molecule has 1 aliphatic rings. The van der Waals surface area contributed by atoms with Gasteiger partial charge in [0.1, 0.15) is 18.0 Å². The summed E-state index contributed by atoms with van der Waals surface area (Å²) in [6.07, 6.45) is 5.44. The van der Waals surface area contributed by atoms with E-state index in [1.54, 1.807) is 16.8 Å². The fourth-order valence-corrected chi connectivity index (χ4v) is 3.23. The zero-order valence-corrected chi connectivity index (χ0v) is 13.5. The van der Waals surface area contributed by atoms with Gasteiger partial charge in [0.2, 0.25) is 0 Å². The topological polar surface area (TPSA) is 85.0 Å². The van der Waals surface area contributed by atoms with Crippen LogP contribution in [0.4, 0.5) is 4.39 Å². The molecule has 7 nitrogen and oxygen atoms in total. The summed E-state index contributed by atoms with van der Waals surface area (Å²) in [5.74, 6) is 0.0591. The number of nitrogens with zero attached hydrogens (tertiary/aromatic N) is 4. The molecule has 130 valence electrons. The van der Waals surface area contributed by atoms with Crippen LogP contribution in [0.2, 0.25) is 0 Å². The Bertz CT molecular complexity index is 957. The third-order valence-corrected chi connectivity index (χ3v) is 4.63. The first-order valence-electron chi connectivity index (χ1n) is 8.17. The molecule has 3 aromatic heterocycles. The number of aromatic nitrogens is 4. The minimum Gasteiger partial charge on any atom is -0.388 e. The highest BCUT2D eigenvalue weighted by molar-refractivity contribution is 5.76. The Hall–Kier alpha value is -2.58. The van der Waals surface area contributed by atoms with Crippen molar-refractivity contribution in [2.45, 2.75) is 25.0 Å². The van der Waals surface area contributed by atoms with Crippen molar-refractivity contribution in [3.05, 3.63) is 53.1 Å². The van der Waals surface area contributed by atoms with Crippen molar-refractivity contribution in [2.75, 3.05) is 13.1 Å². The zero-order valence-electron chi connectivity index (χ0n) is 13.5. The van der Waals surface area contributed by atoms with Gasteiger partial charge in [-0.2, -0.15) is 0 Å². The van der Waals surface area contributed by atoms with Gasteiger partial charge in [-0.3, -0.25) is 13.9 Å². The molecule has 1 fully saturated rings. The van der Waals surface area contributed by atoms with Gasteiger partial charge < -0.3 is 10.4 Å². The van der Waals surface area contributed by atoms with Gasteiger partial charge in [0.25, 0.3) is 5.56 Å². The van der Waals surface area contributed by atoms with E-state index in [1.807, 2.05) is 0 Å². The Balaban J connectivity index is 1.72. The van der Waals surface area contributed by atoms with Crippen LogP contribution in [-0.4, -0.2) is 42.9 Å². The van der Waals surface area contributed by atoms with E-state index in [1.165, 1.54) is 23.0 Å². The number of halogens is 1. The lowest BCUT2D eigenvalue weighted by Gasteiger charge is -2.32. The second-order valence-electron chi connectivity index (χ2n) is 6.41. The van der Waals surface area contributed by atoms with Crippen LogP contribution >= 0.6 is 0 Å². The molecule has 0 saturated carbocycles. The molecule has 0 spiro atoms. The van der Waals surface area contributed by atoms with E-state index in [-0.39, 0.29) is 12.1 Å². The summed E-state index contributed by atoms with van der Waals surface area (Å²) in [6.45, 7) is 1.68. The van der Waals surface area contributed by atoms with Crippen LogP contribution in [0.1, 0.15) is 12.8 Å². The number of rotatable bonds is 3. The Morgan fingerprint density at radius 3 is 2.76 bits per heavy atom. The van der Waals surface area contributed by atoms with Crippen LogP contribution in [0, 0.1) is 5.82 Å². The molecule has 0 radical (unpaired) electrons. The van der Waals surface area contributed by atoms with Crippen LogP contribution in [0.15, 0.2) is 41.7 Å². The van der Waals surface area contributed by atoms with Crippen molar-refractivity contribution >= 4 is 11.0 Å². The van der Waals surface area contributed by atoms with Crippen LogP contribution in [0.3, 0.4) is 0 Å². The largest absolute Gasteiger partial charge is 0.388 e. The van der Waals surface area contributed by atoms with E-state index in [0.717, 1.165) is 19.3 Å². The summed E-state index contributed by atoms with van der Waals surface area (Å²) in [6, 6.07) is 4.50. The first-order chi connectivity index (χ1) is 12.1. The molecule has 2 N–H and O–H groups in total. The summed E-state index contributed by atoms with van der Waals surface area (Å²) in [5, 5.41) is 14.3. The molecule has 0 unspecified atom stereocenters.